The molecule has 334 valence electrons. The molecule has 60 heavy (non-hydrogen) atoms. The van der Waals surface area contributed by atoms with Gasteiger partial charge >= 0.3 is 11.3 Å². The lowest BCUT2D eigenvalue weighted by Gasteiger charge is -2.58. The van der Waals surface area contributed by atoms with E-state index in [1.54, 1.807) is 24.3 Å². The molecule has 4 aliphatic rings. The van der Waals surface area contributed by atoms with Crippen molar-refractivity contribution in [2.75, 3.05) is 59.0 Å². The smallest absolute Gasteiger partial charge is 0.407 e. The van der Waals surface area contributed by atoms with Crippen LogP contribution in [0.15, 0.2) is 45.6 Å². The Labute approximate surface area is 357 Å². The summed E-state index contributed by atoms with van der Waals surface area (Å²) < 4.78 is 51.0. The van der Waals surface area contributed by atoms with Crippen molar-refractivity contribution in [1.29, 1.82) is 0 Å². The highest BCUT2D eigenvalue weighted by molar-refractivity contribution is 7.90. The van der Waals surface area contributed by atoms with Crippen molar-refractivity contribution in [3.05, 3.63) is 41.5 Å². The molecule has 8 atom stereocenters. The van der Waals surface area contributed by atoms with Crippen molar-refractivity contribution < 1.29 is 41.4 Å². The summed E-state index contributed by atoms with van der Waals surface area (Å²) in [5.74, 6) is 4.67. The molecule has 1 aromatic carbocycles. The van der Waals surface area contributed by atoms with Gasteiger partial charge in [-0.05, 0) is 116 Å². The van der Waals surface area contributed by atoms with Crippen LogP contribution < -0.4 is 10.6 Å². The summed E-state index contributed by atoms with van der Waals surface area (Å²) in [7, 11) is -3.60. The molecule has 14 heteroatoms. The first-order valence-electron chi connectivity index (χ1n) is 22.5. The average Bonchev–Trinajstić information content (AvgIpc) is 3.85. The summed E-state index contributed by atoms with van der Waals surface area (Å²) in [5.41, 5.74) is 3.17. The van der Waals surface area contributed by atoms with Crippen molar-refractivity contribution in [2.24, 2.45) is 46.3 Å². The Kier molecular flexibility index (Phi) is 15.9. The fourth-order valence-electron chi connectivity index (χ4n) is 11.3. The minimum atomic E-state index is -3.60. The van der Waals surface area contributed by atoms with Crippen LogP contribution in [0.25, 0.3) is 11.5 Å². The van der Waals surface area contributed by atoms with Crippen molar-refractivity contribution in [3.63, 3.8) is 0 Å². The molecular formula is C46H70N4O9S. The van der Waals surface area contributed by atoms with Crippen LogP contribution >= 0.6 is 0 Å². The zero-order chi connectivity index (χ0) is 42.9. The molecule has 2 aromatic rings. The number of hydrogen-bond donors (Lipinski definition) is 2. The maximum absolute atomic E-state index is 12.7. The summed E-state index contributed by atoms with van der Waals surface area (Å²) in [6.07, 6.45) is 16.8. The van der Waals surface area contributed by atoms with Gasteiger partial charge in [0.25, 0.3) is 5.91 Å². The Morgan fingerprint density at radius 3 is 2.20 bits per heavy atom. The number of fused-ring (bicyclic) bond motifs is 5. The molecule has 13 nitrogen and oxygen atoms in total. The third-order valence-corrected chi connectivity index (χ3v) is 15.2. The van der Waals surface area contributed by atoms with Gasteiger partial charge in [0.2, 0.25) is 15.7 Å². The number of hydrogen-bond acceptors (Lipinski definition) is 11. The lowest BCUT2D eigenvalue weighted by atomic mass is 9.47. The topological polar surface area (TPSA) is 168 Å². The lowest BCUT2D eigenvalue weighted by molar-refractivity contribution is -0.0581. The fraction of sp³-hybridized carbons (Fsp3) is 0.739. The second-order valence-corrected chi connectivity index (χ2v) is 20.7. The van der Waals surface area contributed by atoms with Crippen LogP contribution in [-0.2, 0) is 28.8 Å². The highest BCUT2D eigenvalue weighted by Gasteiger charge is 2.59. The van der Waals surface area contributed by atoms with Gasteiger partial charge in [-0.25, -0.2) is 13.2 Å². The molecule has 2 N–H and O–H groups in total. The van der Waals surface area contributed by atoms with E-state index in [2.05, 4.69) is 61.5 Å². The number of alkyl carbamates (subject to hydrolysis) is 1. The molecule has 6 rings (SSSR count). The molecule has 1 aromatic heterocycles. The largest absolute Gasteiger partial charge is 0.446 e. The Balaban J connectivity index is 0.784. The van der Waals surface area contributed by atoms with Crippen LogP contribution in [0, 0.1) is 46.3 Å². The van der Waals surface area contributed by atoms with Crippen molar-refractivity contribution in [1.82, 2.24) is 20.8 Å². The number of carbonyl (C=O) groups is 2. The number of ether oxygens (including phenoxy) is 4. The minimum absolute atomic E-state index is 0.0515. The highest BCUT2D eigenvalue weighted by atomic mass is 32.2. The third kappa shape index (κ3) is 11.4. The normalized spacial score (nSPS) is 28.0. The first-order valence-corrected chi connectivity index (χ1v) is 24.4. The van der Waals surface area contributed by atoms with Gasteiger partial charge < -0.3 is 34.0 Å². The predicted molar refractivity (Wildman–Crippen MR) is 229 cm³/mol. The van der Waals surface area contributed by atoms with E-state index in [0.717, 1.165) is 61.0 Å². The van der Waals surface area contributed by atoms with Gasteiger partial charge in [-0.15, -0.1) is 5.10 Å². The molecule has 0 radical (unpaired) electrons. The van der Waals surface area contributed by atoms with E-state index in [4.69, 9.17) is 23.4 Å². The van der Waals surface area contributed by atoms with E-state index in [1.807, 2.05) is 0 Å². The molecule has 3 saturated carbocycles. The first-order chi connectivity index (χ1) is 28.7. The summed E-state index contributed by atoms with van der Waals surface area (Å²) in [4.78, 5) is 25.2. The minimum Gasteiger partial charge on any atom is -0.446 e. The average molecular weight is 855 g/mol. The first kappa shape index (κ1) is 46.2. The second-order valence-electron chi connectivity index (χ2n) is 18.8. The van der Waals surface area contributed by atoms with E-state index in [1.165, 1.54) is 56.9 Å². The SMILES string of the molecule is CC(C)CCC[C@@H](C)C1CC[C@H]2C3CC=C4C[C@@H](OC(=O)NCCOCCOCCOCCNC(=O)c5ccc(-c6nnc(S(C)(=O)=O)o6)cc5)CC[C@]4(C)[C@H]3CC[C@]12C. The number of rotatable bonds is 21. The standard InChI is InChI=1S/C46H70N4O9S/c1-31(2)8-7-9-32(3)38-16-17-39-37-15-14-35-30-36(18-20-45(35,4)40(37)19-21-46(38,39)5)58-43(52)48-23-25-56-27-29-57-28-26-55-24-22-47-41(51)33-10-12-34(13-11-33)42-49-50-44(59-42)60(6,53)54/h10-14,31-32,36-40H,7-9,15-30H2,1-6H3,(H,47,51)(H,48,52)/t32-,36+,37?,38?,39+,40+,45+,46-/m1/s1. The van der Waals surface area contributed by atoms with Gasteiger partial charge in [-0.2, -0.15) is 0 Å². The van der Waals surface area contributed by atoms with Gasteiger partial charge in [-0.1, -0.05) is 70.6 Å². The summed E-state index contributed by atoms with van der Waals surface area (Å²) in [5, 5.41) is 12.5. The van der Waals surface area contributed by atoms with Crippen LogP contribution in [0.4, 0.5) is 4.79 Å². The van der Waals surface area contributed by atoms with E-state index >= 15 is 0 Å². The number of nitrogens with one attached hydrogen (secondary N) is 2. The van der Waals surface area contributed by atoms with Gasteiger partial charge in [0.15, 0.2) is 0 Å². The lowest BCUT2D eigenvalue weighted by Crippen LogP contribution is -2.51. The van der Waals surface area contributed by atoms with Gasteiger partial charge in [0.1, 0.15) is 6.10 Å². The Morgan fingerprint density at radius 1 is 0.850 bits per heavy atom. The Bertz CT molecular complexity index is 1870. The Morgan fingerprint density at radius 2 is 1.53 bits per heavy atom. The van der Waals surface area contributed by atoms with Gasteiger partial charge in [0.05, 0.1) is 39.6 Å². The van der Waals surface area contributed by atoms with Crippen LogP contribution in [0.5, 0.6) is 0 Å². The maximum atomic E-state index is 12.7. The van der Waals surface area contributed by atoms with Gasteiger partial charge in [-0.3, -0.25) is 4.79 Å². The zero-order valence-electron chi connectivity index (χ0n) is 36.8. The molecule has 0 bridgehead atoms. The molecule has 3 fully saturated rings. The monoisotopic (exact) mass is 854 g/mol. The summed E-state index contributed by atoms with van der Waals surface area (Å²) in [6, 6.07) is 6.38. The summed E-state index contributed by atoms with van der Waals surface area (Å²) >= 11 is 0. The van der Waals surface area contributed by atoms with Crippen molar-refractivity contribution in [2.45, 2.75) is 117 Å². The second kappa shape index (κ2) is 20.7. The Hall–Kier alpha value is -3.33. The predicted octanol–water partition coefficient (Wildman–Crippen LogP) is 8.06. The molecular weight excluding hydrogens is 785 g/mol. The molecule has 4 aliphatic carbocycles. The maximum Gasteiger partial charge on any atom is 0.407 e. The van der Waals surface area contributed by atoms with E-state index in [9.17, 15) is 18.0 Å². The number of nitrogens with zero attached hydrogens (tertiary/aromatic N) is 2. The number of benzene rings is 1. The van der Waals surface area contributed by atoms with Crippen LogP contribution in [0.1, 0.15) is 116 Å². The van der Waals surface area contributed by atoms with Crippen molar-refractivity contribution >= 4 is 21.8 Å². The quantitative estimate of drug-likeness (QED) is 0.0921. The van der Waals surface area contributed by atoms with Crippen molar-refractivity contribution in [3.8, 4) is 11.5 Å². The highest BCUT2D eigenvalue weighted by Crippen LogP contribution is 2.67. The van der Waals surface area contributed by atoms with E-state index in [-0.39, 0.29) is 29.4 Å². The summed E-state index contributed by atoms with van der Waals surface area (Å²) in [6.45, 7) is 15.4. The molecule has 0 aliphatic heterocycles. The molecule has 1 heterocycles. The molecule has 2 unspecified atom stereocenters. The zero-order valence-corrected chi connectivity index (χ0v) is 37.7. The molecule has 0 saturated heterocycles. The fourth-order valence-corrected chi connectivity index (χ4v) is 11.7. The number of amides is 2. The number of sulfone groups is 1. The number of aromatic nitrogens is 2. The van der Waals surface area contributed by atoms with E-state index < -0.39 is 15.1 Å². The van der Waals surface area contributed by atoms with Crippen LogP contribution in [-0.4, -0.2) is 95.7 Å². The number of allylic oxidation sites excluding steroid dienone is 1. The molecule has 0 spiro atoms. The van der Waals surface area contributed by atoms with E-state index in [0.29, 0.717) is 69.3 Å². The third-order valence-electron chi connectivity index (χ3n) is 14.4. The number of carbonyl (C=O) groups excluding carboxylic acids is 2. The molecule has 2 amide bonds. The van der Waals surface area contributed by atoms with Crippen LogP contribution in [0.3, 0.4) is 0 Å². The van der Waals surface area contributed by atoms with Crippen LogP contribution in [0.2, 0.25) is 0 Å². The van der Waals surface area contributed by atoms with Gasteiger partial charge in [0, 0.05) is 36.9 Å².